The molecule has 0 unspecified atom stereocenters. The van der Waals surface area contributed by atoms with E-state index in [0.717, 1.165) is 0 Å². The summed E-state index contributed by atoms with van der Waals surface area (Å²) in [6.45, 7) is 0.669. The maximum Gasteiger partial charge on any atom is 0.339 e. The van der Waals surface area contributed by atoms with Crippen LogP contribution in [0.15, 0.2) is 12.1 Å². The highest BCUT2D eigenvalue weighted by Gasteiger charge is 2.21. The third-order valence-corrected chi connectivity index (χ3v) is 2.03. The molecule has 15 heavy (non-hydrogen) atoms. The Labute approximate surface area is 85.2 Å². The van der Waals surface area contributed by atoms with E-state index in [1.807, 2.05) is 0 Å². The van der Waals surface area contributed by atoms with E-state index >= 15 is 0 Å². The Morgan fingerprint density at radius 2 is 2.07 bits per heavy atom. The average molecular weight is 208 g/mol. The zero-order valence-electron chi connectivity index (χ0n) is 7.73. The Kier molecular flexibility index (Phi) is 2.29. The lowest BCUT2D eigenvalue weighted by molar-refractivity contribution is 0.0686. The summed E-state index contributed by atoms with van der Waals surface area (Å²) in [5, 5.41) is 8.91. The van der Waals surface area contributed by atoms with E-state index in [1.54, 1.807) is 0 Å². The number of carbonyl (C=O) groups excluding carboxylic acids is 1. The molecular formula is C10H8O5. The Bertz CT molecular complexity index is 424. The topological polar surface area (TPSA) is 72.8 Å². The molecule has 0 radical (unpaired) electrons. The summed E-state index contributed by atoms with van der Waals surface area (Å²) in [4.78, 5) is 21.5. The van der Waals surface area contributed by atoms with E-state index in [1.165, 1.54) is 12.1 Å². The van der Waals surface area contributed by atoms with Crippen LogP contribution in [0.2, 0.25) is 0 Å². The summed E-state index contributed by atoms with van der Waals surface area (Å²) in [7, 11) is 0. The predicted molar refractivity (Wildman–Crippen MR) is 49.8 cm³/mol. The van der Waals surface area contributed by atoms with Crippen LogP contribution in [0.5, 0.6) is 11.5 Å². The number of ether oxygens (including phenoxy) is 2. The maximum absolute atomic E-state index is 10.9. The molecule has 1 heterocycles. The van der Waals surface area contributed by atoms with E-state index in [4.69, 9.17) is 14.6 Å². The fourth-order valence-corrected chi connectivity index (χ4v) is 1.40. The third-order valence-electron chi connectivity index (χ3n) is 2.03. The van der Waals surface area contributed by atoms with Gasteiger partial charge < -0.3 is 14.6 Å². The molecule has 5 heteroatoms. The molecule has 0 saturated carbocycles. The molecule has 0 bridgehead atoms. The predicted octanol–water partition coefficient (Wildman–Crippen LogP) is 0.969. The van der Waals surface area contributed by atoms with E-state index in [2.05, 4.69) is 0 Å². The van der Waals surface area contributed by atoms with Crippen LogP contribution in [-0.4, -0.2) is 30.6 Å². The number of rotatable bonds is 2. The summed E-state index contributed by atoms with van der Waals surface area (Å²) < 4.78 is 10.4. The molecule has 1 aromatic carbocycles. The highest BCUT2D eigenvalue weighted by molar-refractivity contribution is 5.94. The number of fused-ring (bicyclic) bond motifs is 1. The van der Waals surface area contributed by atoms with Crippen LogP contribution in [0, 0.1) is 0 Å². The van der Waals surface area contributed by atoms with Crippen molar-refractivity contribution < 1.29 is 24.2 Å². The quantitative estimate of drug-likeness (QED) is 0.733. The monoisotopic (exact) mass is 208 g/mol. The van der Waals surface area contributed by atoms with Crippen LogP contribution in [0.4, 0.5) is 0 Å². The van der Waals surface area contributed by atoms with E-state index in [0.29, 0.717) is 25.2 Å². The lowest BCUT2D eigenvalue weighted by atomic mass is 10.1. The largest absolute Gasteiger partial charge is 0.486 e. The van der Waals surface area contributed by atoms with Crippen molar-refractivity contribution in [1.29, 1.82) is 0 Å². The zero-order chi connectivity index (χ0) is 10.8. The smallest absolute Gasteiger partial charge is 0.339 e. The molecule has 0 spiro atoms. The van der Waals surface area contributed by atoms with Crippen molar-refractivity contribution >= 4 is 12.3 Å². The van der Waals surface area contributed by atoms with Gasteiger partial charge in [0.15, 0.2) is 11.5 Å². The van der Waals surface area contributed by atoms with Crippen molar-refractivity contribution in [2.75, 3.05) is 13.2 Å². The number of benzene rings is 1. The van der Waals surface area contributed by atoms with Crippen LogP contribution in [0.1, 0.15) is 20.7 Å². The van der Waals surface area contributed by atoms with Crippen LogP contribution in [0.3, 0.4) is 0 Å². The van der Waals surface area contributed by atoms with Crippen LogP contribution in [0.25, 0.3) is 0 Å². The maximum atomic E-state index is 10.9. The molecule has 0 atom stereocenters. The summed E-state index contributed by atoms with van der Waals surface area (Å²) in [6.07, 6.45) is 0.574. The molecular weight excluding hydrogens is 200 g/mol. The standard InChI is InChI=1S/C10H8O5/c11-5-6-3-7(10(12)13)9-8(4-6)14-1-2-15-9/h3-5H,1-2H2,(H,12,13). The second kappa shape index (κ2) is 3.61. The first-order valence-corrected chi connectivity index (χ1v) is 4.34. The van der Waals surface area contributed by atoms with Gasteiger partial charge in [0, 0.05) is 5.56 Å². The number of hydrogen-bond donors (Lipinski definition) is 1. The number of carboxylic acid groups (broad SMARTS) is 1. The number of aromatic carboxylic acids is 1. The first-order valence-electron chi connectivity index (χ1n) is 4.34. The Morgan fingerprint density at radius 3 is 2.73 bits per heavy atom. The van der Waals surface area contributed by atoms with Crippen molar-refractivity contribution in [1.82, 2.24) is 0 Å². The van der Waals surface area contributed by atoms with Crippen molar-refractivity contribution in [3.8, 4) is 11.5 Å². The molecule has 2 rings (SSSR count). The molecule has 1 aromatic rings. The zero-order valence-corrected chi connectivity index (χ0v) is 7.73. The van der Waals surface area contributed by atoms with E-state index in [9.17, 15) is 9.59 Å². The molecule has 1 aliphatic rings. The average Bonchev–Trinajstić information content (AvgIpc) is 2.27. The summed E-state index contributed by atoms with van der Waals surface area (Å²) in [6, 6.07) is 2.73. The SMILES string of the molecule is O=Cc1cc2c(c(C(=O)O)c1)OCCO2. The van der Waals surface area contributed by atoms with Gasteiger partial charge >= 0.3 is 5.97 Å². The molecule has 78 valence electrons. The van der Waals surface area contributed by atoms with Crippen molar-refractivity contribution in [2.24, 2.45) is 0 Å². The third kappa shape index (κ3) is 1.63. The summed E-state index contributed by atoms with van der Waals surface area (Å²) >= 11 is 0. The molecule has 1 N–H and O–H groups in total. The summed E-state index contributed by atoms with van der Waals surface area (Å²) in [5.41, 5.74) is 0.214. The molecule has 1 aliphatic heterocycles. The molecule has 5 nitrogen and oxygen atoms in total. The van der Waals surface area contributed by atoms with Gasteiger partial charge in [-0.25, -0.2) is 4.79 Å². The van der Waals surface area contributed by atoms with Crippen molar-refractivity contribution in [3.63, 3.8) is 0 Å². The van der Waals surface area contributed by atoms with Gasteiger partial charge in [-0.15, -0.1) is 0 Å². The Balaban J connectivity index is 2.60. The van der Waals surface area contributed by atoms with Gasteiger partial charge in [-0.3, -0.25) is 4.79 Å². The minimum absolute atomic E-state index is 0.0469. The first kappa shape index (κ1) is 9.51. The lowest BCUT2D eigenvalue weighted by Gasteiger charge is -2.20. The summed E-state index contributed by atoms with van der Waals surface area (Å²) in [5.74, 6) is -0.636. The van der Waals surface area contributed by atoms with Gasteiger partial charge in [0.05, 0.1) is 0 Å². The van der Waals surface area contributed by atoms with Crippen LogP contribution in [-0.2, 0) is 0 Å². The van der Waals surface area contributed by atoms with Crippen molar-refractivity contribution in [3.05, 3.63) is 23.3 Å². The van der Waals surface area contributed by atoms with Gasteiger partial charge in [-0.2, -0.15) is 0 Å². The lowest BCUT2D eigenvalue weighted by Crippen LogP contribution is -2.18. The molecule has 0 fully saturated rings. The molecule has 0 aromatic heterocycles. The number of carbonyl (C=O) groups is 2. The Morgan fingerprint density at radius 1 is 1.33 bits per heavy atom. The number of hydrogen-bond acceptors (Lipinski definition) is 4. The van der Waals surface area contributed by atoms with Gasteiger partial charge in [0.25, 0.3) is 0 Å². The normalized spacial score (nSPS) is 13.3. The van der Waals surface area contributed by atoms with Gasteiger partial charge in [0.1, 0.15) is 25.1 Å². The van der Waals surface area contributed by atoms with Gasteiger partial charge in [-0.1, -0.05) is 0 Å². The van der Waals surface area contributed by atoms with Crippen LogP contribution < -0.4 is 9.47 Å². The van der Waals surface area contributed by atoms with Crippen molar-refractivity contribution in [2.45, 2.75) is 0 Å². The number of carboxylic acids is 1. The highest BCUT2D eigenvalue weighted by Crippen LogP contribution is 2.34. The second-order valence-electron chi connectivity index (χ2n) is 3.02. The van der Waals surface area contributed by atoms with Gasteiger partial charge in [-0.05, 0) is 12.1 Å². The highest BCUT2D eigenvalue weighted by atomic mass is 16.6. The first-order chi connectivity index (χ1) is 7.22. The number of aldehydes is 1. The fourth-order valence-electron chi connectivity index (χ4n) is 1.40. The molecule has 0 saturated heterocycles. The fraction of sp³-hybridized carbons (Fsp3) is 0.200. The minimum Gasteiger partial charge on any atom is -0.486 e. The van der Waals surface area contributed by atoms with E-state index in [-0.39, 0.29) is 16.9 Å². The van der Waals surface area contributed by atoms with Gasteiger partial charge in [0.2, 0.25) is 0 Å². The second-order valence-corrected chi connectivity index (χ2v) is 3.02. The molecule has 0 aliphatic carbocycles. The van der Waals surface area contributed by atoms with E-state index < -0.39 is 5.97 Å². The Hall–Kier alpha value is -2.04. The van der Waals surface area contributed by atoms with Crippen LogP contribution >= 0.6 is 0 Å². The minimum atomic E-state index is -1.14. The molecule has 0 amide bonds.